The van der Waals surface area contributed by atoms with Crippen LogP contribution in [0.15, 0.2) is 65.8 Å². The maximum atomic E-state index is 12.1. The standard InChI is InChI=1S/C26H26ClN3O4/c1-4-33-24-14-20(8-12-23(24)34-16-19-6-9-21(27)10-7-19)15-28-30-26(32)25(31)29-22-11-5-17(2)18(3)13-22/h5-15H,4,16H2,1-3H3,(H,29,31)(H,30,32)/b28-15-. The van der Waals surface area contributed by atoms with Gasteiger partial charge >= 0.3 is 11.8 Å². The van der Waals surface area contributed by atoms with E-state index >= 15 is 0 Å². The first-order chi connectivity index (χ1) is 16.4. The van der Waals surface area contributed by atoms with Gasteiger partial charge in [0.2, 0.25) is 0 Å². The van der Waals surface area contributed by atoms with Gasteiger partial charge in [-0.05, 0) is 85.5 Å². The average Bonchev–Trinajstić information content (AvgIpc) is 2.82. The van der Waals surface area contributed by atoms with Gasteiger partial charge in [-0.2, -0.15) is 5.10 Å². The summed E-state index contributed by atoms with van der Waals surface area (Å²) >= 11 is 5.92. The van der Waals surface area contributed by atoms with Gasteiger partial charge in [-0.3, -0.25) is 9.59 Å². The Bertz CT molecular complexity index is 1190. The maximum absolute atomic E-state index is 12.1. The van der Waals surface area contributed by atoms with Crippen LogP contribution in [0.1, 0.15) is 29.2 Å². The van der Waals surface area contributed by atoms with Gasteiger partial charge in [0.05, 0.1) is 12.8 Å². The summed E-state index contributed by atoms with van der Waals surface area (Å²) in [4.78, 5) is 24.2. The Morgan fingerprint density at radius 2 is 1.68 bits per heavy atom. The smallest absolute Gasteiger partial charge is 0.329 e. The number of nitrogens with zero attached hydrogens (tertiary/aromatic N) is 1. The van der Waals surface area contributed by atoms with Crippen LogP contribution in [0.4, 0.5) is 5.69 Å². The number of hydrogen-bond acceptors (Lipinski definition) is 5. The number of halogens is 1. The molecule has 8 heteroatoms. The largest absolute Gasteiger partial charge is 0.490 e. The van der Waals surface area contributed by atoms with Crippen molar-refractivity contribution in [2.24, 2.45) is 5.10 Å². The van der Waals surface area contributed by atoms with Gasteiger partial charge in [-0.1, -0.05) is 29.8 Å². The van der Waals surface area contributed by atoms with Gasteiger partial charge in [0.15, 0.2) is 11.5 Å². The van der Waals surface area contributed by atoms with Crippen LogP contribution in [0, 0.1) is 13.8 Å². The van der Waals surface area contributed by atoms with E-state index in [9.17, 15) is 9.59 Å². The van der Waals surface area contributed by atoms with Gasteiger partial charge in [-0.15, -0.1) is 0 Å². The van der Waals surface area contributed by atoms with Crippen molar-refractivity contribution in [2.45, 2.75) is 27.4 Å². The van der Waals surface area contributed by atoms with Gasteiger partial charge in [-0.25, -0.2) is 5.43 Å². The third-order valence-electron chi connectivity index (χ3n) is 4.93. The summed E-state index contributed by atoms with van der Waals surface area (Å²) in [6, 6.07) is 18.1. The molecule has 34 heavy (non-hydrogen) atoms. The molecule has 3 rings (SSSR count). The summed E-state index contributed by atoms with van der Waals surface area (Å²) in [5.74, 6) is -0.561. The quantitative estimate of drug-likeness (QED) is 0.269. The lowest BCUT2D eigenvalue weighted by Gasteiger charge is -2.12. The number of hydrazone groups is 1. The van der Waals surface area contributed by atoms with Crippen LogP contribution in [-0.2, 0) is 16.2 Å². The lowest BCUT2D eigenvalue weighted by Crippen LogP contribution is -2.32. The number of aryl methyl sites for hydroxylation is 2. The predicted octanol–water partition coefficient (Wildman–Crippen LogP) is 5.02. The highest BCUT2D eigenvalue weighted by atomic mass is 35.5. The summed E-state index contributed by atoms with van der Waals surface area (Å²) < 4.78 is 11.6. The van der Waals surface area contributed by atoms with E-state index in [2.05, 4.69) is 15.8 Å². The van der Waals surface area contributed by atoms with Gasteiger partial charge in [0.25, 0.3) is 0 Å². The first-order valence-corrected chi connectivity index (χ1v) is 11.1. The van der Waals surface area contributed by atoms with Crippen molar-refractivity contribution in [3.05, 3.63) is 87.9 Å². The Morgan fingerprint density at radius 1 is 0.912 bits per heavy atom. The van der Waals surface area contributed by atoms with Crippen molar-refractivity contribution in [3.8, 4) is 11.5 Å². The van der Waals surface area contributed by atoms with Crippen LogP contribution in [0.5, 0.6) is 11.5 Å². The van der Waals surface area contributed by atoms with Crippen LogP contribution in [0.25, 0.3) is 0 Å². The van der Waals surface area contributed by atoms with Gasteiger partial charge < -0.3 is 14.8 Å². The van der Waals surface area contributed by atoms with Crippen LogP contribution in [-0.4, -0.2) is 24.6 Å². The lowest BCUT2D eigenvalue weighted by atomic mass is 10.1. The molecule has 0 saturated heterocycles. The zero-order chi connectivity index (χ0) is 24.5. The molecule has 0 unspecified atom stereocenters. The van der Waals surface area contributed by atoms with Crippen molar-refractivity contribution in [1.29, 1.82) is 0 Å². The SMILES string of the molecule is CCOc1cc(/C=N\NC(=O)C(=O)Nc2ccc(C)c(C)c2)ccc1OCc1ccc(Cl)cc1. The molecule has 0 aliphatic carbocycles. The summed E-state index contributed by atoms with van der Waals surface area (Å²) in [7, 11) is 0. The van der Waals surface area contributed by atoms with E-state index in [0.29, 0.717) is 41.0 Å². The predicted molar refractivity (Wildman–Crippen MR) is 134 cm³/mol. The molecule has 176 valence electrons. The number of hydrogen-bond donors (Lipinski definition) is 2. The minimum absolute atomic E-state index is 0.357. The Hall–Kier alpha value is -3.84. The lowest BCUT2D eigenvalue weighted by molar-refractivity contribution is -0.136. The third kappa shape index (κ3) is 7.08. The molecule has 0 aliphatic rings. The molecule has 2 N–H and O–H groups in total. The zero-order valence-corrected chi connectivity index (χ0v) is 20.0. The Morgan fingerprint density at radius 3 is 2.38 bits per heavy atom. The Labute approximate surface area is 203 Å². The molecule has 0 radical (unpaired) electrons. The van der Waals surface area contributed by atoms with Crippen molar-refractivity contribution in [2.75, 3.05) is 11.9 Å². The average molecular weight is 480 g/mol. The molecule has 0 spiro atoms. The minimum Gasteiger partial charge on any atom is -0.490 e. The third-order valence-corrected chi connectivity index (χ3v) is 5.18. The molecular formula is C26H26ClN3O4. The molecule has 2 amide bonds. The van der Waals surface area contributed by atoms with Gasteiger partial charge in [0, 0.05) is 10.7 Å². The number of ether oxygens (including phenoxy) is 2. The monoisotopic (exact) mass is 479 g/mol. The molecule has 0 saturated carbocycles. The highest BCUT2D eigenvalue weighted by Crippen LogP contribution is 2.29. The number of carbonyl (C=O) groups excluding carboxylic acids is 2. The van der Waals surface area contributed by atoms with E-state index < -0.39 is 11.8 Å². The molecule has 7 nitrogen and oxygen atoms in total. The van der Waals surface area contributed by atoms with E-state index in [1.54, 1.807) is 42.5 Å². The van der Waals surface area contributed by atoms with E-state index in [-0.39, 0.29) is 0 Å². The van der Waals surface area contributed by atoms with Crippen molar-refractivity contribution >= 4 is 35.3 Å². The fourth-order valence-corrected chi connectivity index (χ4v) is 3.08. The van der Waals surface area contributed by atoms with E-state index in [1.165, 1.54) is 6.21 Å². The van der Waals surface area contributed by atoms with Crippen LogP contribution in [0.2, 0.25) is 5.02 Å². The van der Waals surface area contributed by atoms with E-state index in [0.717, 1.165) is 16.7 Å². The summed E-state index contributed by atoms with van der Waals surface area (Å²) in [6.07, 6.45) is 1.42. The van der Waals surface area contributed by atoms with Crippen molar-refractivity contribution in [3.63, 3.8) is 0 Å². The molecular weight excluding hydrogens is 454 g/mol. The second-order valence-corrected chi connectivity index (χ2v) is 7.94. The Balaban J connectivity index is 1.59. The normalized spacial score (nSPS) is 10.7. The molecule has 0 fully saturated rings. The molecule has 0 aromatic heterocycles. The zero-order valence-electron chi connectivity index (χ0n) is 19.2. The molecule has 3 aromatic carbocycles. The molecule has 0 aliphatic heterocycles. The Kier molecular flexibility index (Phi) is 8.65. The van der Waals surface area contributed by atoms with Crippen LogP contribution < -0.4 is 20.2 Å². The van der Waals surface area contributed by atoms with E-state index in [4.69, 9.17) is 21.1 Å². The van der Waals surface area contributed by atoms with E-state index in [1.807, 2.05) is 39.0 Å². The molecule has 0 atom stereocenters. The number of anilines is 1. The highest BCUT2D eigenvalue weighted by molar-refractivity contribution is 6.39. The number of amides is 2. The summed E-state index contributed by atoms with van der Waals surface area (Å²) in [5.41, 5.74) is 6.52. The molecule has 0 heterocycles. The summed E-state index contributed by atoms with van der Waals surface area (Å²) in [5, 5.41) is 7.09. The second-order valence-electron chi connectivity index (χ2n) is 7.51. The number of benzene rings is 3. The minimum atomic E-state index is -0.873. The number of nitrogens with one attached hydrogen (secondary N) is 2. The first-order valence-electron chi connectivity index (χ1n) is 10.7. The van der Waals surface area contributed by atoms with Gasteiger partial charge in [0.1, 0.15) is 6.61 Å². The van der Waals surface area contributed by atoms with Crippen molar-refractivity contribution < 1.29 is 19.1 Å². The fraction of sp³-hybridized carbons (Fsp3) is 0.192. The summed E-state index contributed by atoms with van der Waals surface area (Å²) in [6.45, 7) is 6.58. The number of carbonyl (C=O) groups is 2. The van der Waals surface area contributed by atoms with Crippen LogP contribution in [0.3, 0.4) is 0 Å². The van der Waals surface area contributed by atoms with Crippen molar-refractivity contribution in [1.82, 2.24) is 5.43 Å². The topological polar surface area (TPSA) is 89.0 Å². The highest BCUT2D eigenvalue weighted by Gasteiger charge is 2.13. The number of rotatable bonds is 8. The van der Waals surface area contributed by atoms with Crippen LogP contribution >= 0.6 is 11.6 Å². The first kappa shape index (κ1) is 24.8. The second kappa shape index (κ2) is 11.9. The maximum Gasteiger partial charge on any atom is 0.329 e. The molecule has 0 bridgehead atoms. The molecule has 3 aromatic rings. The fourth-order valence-electron chi connectivity index (χ4n) is 2.96.